The lowest BCUT2D eigenvalue weighted by molar-refractivity contribution is 0.669. The summed E-state index contributed by atoms with van der Waals surface area (Å²) in [5, 5.41) is 9.85. The Kier molecular flexibility index (Phi) is 5.09. The molecule has 8 aromatic carbocycles. The van der Waals surface area contributed by atoms with E-state index in [1.807, 2.05) is 12.1 Å². The molecule has 1 aliphatic carbocycles. The van der Waals surface area contributed by atoms with Crippen molar-refractivity contribution in [1.29, 1.82) is 0 Å². The summed E-state index contributed by atoms with van der Waals surface area (Å²) < 4.78 is 6.42. The van der Waals surface area contributed by atoms with Gasteiger partial charge in [-0.2, -0.15) is 0 Å². The fraction of sp³-hybridized carbons (Fsp3) is 0.0233. The van der Waals surface area contributed by atoms with Gasteiger partial charge in [-0.3, -0.25) is 0 Å². The molecule has 0 spiro atoms. The van der Waals surface area contributed by atoms with E-state index in [1.165, 1.54) is 60.3 Å². The van der Waals surface area contributed by atoms with Crippen LogP contribution in [-0.2, 0) is 6.42 Å². The maximum absolute atomic E-state index is 6.42. The van der Waals surface area contributed by atoms with E-state index in [-0.39, 0.29) is 0 Å². The van der Waals surface area contributed by atoms with Gasteiger partial charge in [-0.05, 0) is 79.5 Å². The van der Waals surface area contributed by atoms with E-state index >= 15 is 0 Å². The van der Waals surface area contributed by atoms with Crippen LogP contribution in [0.5, 0.6) is 0 Å². The number of benzene rings is 8. The van der Waals surface area contributed by atoms with Gasteiger partial charge in [-0.1, -0.05) is 115 Å². The van der Waals surface area contributed by atoms with Crippen LogP contribution in [-0.4, -0.2) is 0 Å². The second kappa shape index (κ2) is 9.32. The lowest BCUT2D eigenvalue weighted by Crippen LogP contribution is -2.12. The molecule has 0 atom stereocenters. The van der Waals surface area contributed by atoms with Crippen molar-refractivity contribution >= 4 is 71.3 Å². The second-order valence-corrected chi connectivity index (χ2v) is 12.1. The molecule has 0 bridgehead atoms. The van der Waals surface area contributed by atoms with Crippen molar-refractivity contribution in [2.24, 2.45) is 0 Å². The zero-order chi connectivity index (χ0) is 29.5. The van der Waals surface area contributed by atoms with Gasteiger partial charge >= 0.3 is 0 Å². The van der Waals surface area contributed by atoms with Crippen LogP contribution < -0.4 is 4.90 Å². The van der Waals surface area contributed by atoms with E-state index in [1.54, 1.807) is 0 Å². The Hall–Kier alpha value is -5.86. The smallest absolute Gasteiger partial charge is 0.137 e. The van der Waals surface area contributed by atoms with E-state index in [2.05, 4.69) is 144 Å². The van der Waals surface area contributed by atoms with Crippen LogP contribution in [0, 0.1) is 0 Å². The number of anilines is 3. The maximum Gasteiger partial charge on any atom is 0.137 e. The molecular weight excluding hydrogens is 546 g/mol. The third-order valence-corrected chi connectivity index (χ3v) is 9.69. The minimum atomic E-state index is 0.895. The van der Waals surface area contributed by atoms with Crippen molar-refractivity contribution < 1.29 is 4.42 Å². The van der Waals surface area contributed by atoms with Gasteiger partial charge in [0.05, 0.1) is 11.4 Å². The molecule has 2 nitrogen and oxygen atoms in total. The molecule has 210 valence electrons. The van der Waals surface area contributed by atoms with Gasteiger partial charge in [-0.15, -0.1) is 0 Å². The van der Waals surface area contributed by atoms with Crippen LogP contribution in [0.25, 0.3) is 65.4 Å². The highest BCUT2D eigenvalue weighted by Crippen LogP contribution is 2.48. The van der Waals surface area contributed by atoms with E-state index in [4.69, 9.17) is 4.42 Å². The summed E-state index contributed by atoms with van der Waals surface area (Å²) in [6.07, 6.45) is 0.907. The summed E-state index contributed by atoms with van der Waals surface area (Å²) in [6, 6.07) is 55.1. The zero-order valence-electron chi connectivity index (χ0n) is 24.5. The fourth-order valence-corrected chi connectivity index (χ4v) is 7.65. The minimum absolute atomic E-state index is 0.895. The molecule has 0 radical (unpaired) electrons. The predicted molar refractivity (Wildman–Crippen MR) is 189 cm³/mol. The van der Waals surface area contributed by atoms with Gasteiger partial charge in [0, 0.05) is 34.3 Å². The van der Waals surface area contributed by atoms with Crippen molar-refractivity contribution in [3.63, 3.8) is 0 Å². The molecule has 0 fully saturated rings. The van der Waals surface area contributed by atoms with Gasteiger partial charge in [0.15, 0.2) is 0 Å². The van der Waals surface area contributed by atoms with E-state index in [9.17, 15) is 0 Å². The molecule has 0 unspecified atom stereocenters. The van der Waals surface area contributed by atoms with E-state index in [0.29, 0.717) is 0 Å². The quantitative estimate of drug-likeness (QED) is 0.196. The van der Waals surface area contributed by atoms with Crippen LogP contribution in [0.15, 0.2) is 156 Å². The first-order valence-corrected chi connectivity index (χ1v) is 15.6. The Balaban J connectivity index is 1.26. The molecular formula is C43H27NO. The monoisotopic (exact) mass is 573 g/mol. The number of fused-ring (bicyclic) bond motifs is 11. The van der Waals surface area contributed by atoms with Gasteiger partial charge < -0.3 is 9.32 Å². The van der Waals surface area contributed by atoms with Crippen LogP contribution >= 0.6 is 0 Å². The summed E-state index contributed by atoms with van der Waals surface area (Å²) in [7, 11) is 0. The van der Waals surface area contributed by atoms with Gasteiger partial charge in [-0.25, -0.2) is 0 Å². The molecule has 0 N–H and O–H groups in total. The summed E-state index contributed by atoms with van der Waals surface area (Å²) in [5.41, 5.74) is 10.6. The Labute approximate surface area is 260 Å². The number of para-hydroxylation sites is 1. The second-order valence-electron chi connectivity index (χ2n) is 12.1. The SMILES string of the molecule is c1ccc2c(c1)Cc1c-2cccc1N(c1ccc2c(c1)oc1ccccc12)c1cccc2c1ccc1c3ccccc3ccc21. The van der Waals surface area contributed by atoms with Crippen LogP contribution in [0.1, 0.15) is 11.1 Å². The minimum Gasteiger partial charge on any atom is -0.456 e. The molecule has 0 aliphatic heterocycles. The average Bonchev–Trinajstić information content (AvgIpc) is 3.67. The average molecular weight is 574 g/mol. The Morgan fingerprint density at radius 3 is 2.04 bits per heavy atom. The largest absolute Gasteiger partial charge is 0.456 e. The lowest BCUT2D eigenvalue weighted by Gasteiger charge is -2.29. The number of hydrogen-bond donors (Lipinski definition) is 0. The standard InChI is InChI=1S/C43H27NO/c1-3-11-30-27(9-1)19-21-35-33-15-8-16-40(36(33)24-23-34(30)35)44(29-20-22-38-37-13-5-6-18-42(37)45-43(38)26-29)41-17-7-14-32-31-12-4-2-10-28(31)25-39(32)41/h1-24,26H,25H2. The number of nitrogens with zero attached hydrogens (tertiary/aromatic N) is 1. The lowest BCUT2D eigenvalue weighted by atomic mass is 9.95. The molecule has 45 heavy (non-hydrogen) atoms. The Morgan fingerprint density at radius 2 is 1.07 bits per heavy atom. The summed E-state index contributed by atoms with van der Waals surface area (Å²) in [6.45, 7) is 0. The summed E-state index contributed by atoms with van der Waals surface area (Å²) in [4.78, 5) is 2.45. The van der Waals surface area contributed by atoms with Crippen LogP contribution in [0.3, 0.4) is 0 Å². The molecule has 10 rings (SSSR count). The Bertz CT molecular complexity index is 2640. The predicted octanol–water partition coefficient (Wildman–Crippen LogP) is 12.1. The normalized spacial score (nSPS) is 12.4. The fourth-order valence-electron chi connectivity index (χ4n) is 7.65. The first-order valence-electron chi connectivity index (χ1n) is 15.6. The first kappa shape index (κ1) is 24.6. The molecule has 1 aliphatic rings. The van der Waals surface area contributed by atoms with Gasteiger partial charge in [0.1, 0.15) is 11.2 Å². The topological polar surface area (TPSA) is 16.4 Å². The van der Waals surface area contributed by atoms with Crippen molar-refractivity contribution in [3.8, 4) is 11.1 Å². The molecule has 0 saturated carbocycles. The molecule has 1 aromatic heterocycles. The zero-order valence-corrected chi connectivity index (χ0v) is 24.5. The molecule has 2 heteroatoms. The van der Waals surface area contributed by atoms with Crippen molar-refractivity contribution in [3.05, 3.63) is 163 Å². The van der Waals surface area contributed by atoms with Gasteiger partial charge in [0.25, 0.3) is 0 Å². The summed E-state index contributed by atoms with van der Waals surface area (Å²) in [5.74, 6) is 0. The molecule has 9 aromatic rings. The van der Waals surface area contributed by atoms with Gasteiger partial charge in [0.2, 0.25) is 0 Å². The van der Waals surface area contributed by atoms with Crippen molar-refractivity contribution in [2.45, 2.75) is 6.42 Å². The third kappa shape index (κ3) is 3.57. The molecule has 0 saturated heterocycles. The highest BCUT2D eigenvalue weighted by molar-refractivity contribution is 6.20. The van der Waals surface area contributed by atoms with Crippen LogP contribution in [0.4, 0.5) is 17.1 Å². The highest BCUT2D eigenvalue weighted by Gasteiger charge is 2.26. The Morgan fingerprint density at radius 1 is 0.422 bits per heavy atom. The number of hydrogen-bond acceptors (Lipinski definition) is 2. The van der Waals surface area contributed by atoms with Crippen molar-refractivity contribution in [2.75, 3.05) is 4.90 Å². The van der Waals surface area contributed by atoms with Crippen molar-refractivity contribution in [1.82, 2.24) is 0 Å². The summed E-state index contributed by atoms with van der Waals surface area (Å²) >= 11 is 0. The van der Waals surface area contributed by atoms with E-state index in [0.717, 1.165) is 39.7 Å². The number of rotatable bonds is 3. The molecule has 0 amide bonds. The first-order chi connectivity index (χ1) is 22.3. The highest BCUT2D eigenvalue weighted by atomic mass is 16.3. The number of furan rings is 1. The molecule has 1 heterocycles. The maximum atomic E-state index is 6.42. The van der Waals surface area contributed by atoms with E-state index < -0.39 is 0 Å². The third-order valence-electron chi connectivity index (χ3n) is 9.69. The van der Waals surface area contributed by atoms with Crippen LogP contribution in [0.2, 0.25) is 0 Å².